The largest absolute Gasteiger partial charge is 0.503 e. The molecular formula is C13H10ClN3O6. The molecule has 0 unspecified atom stereocenters. The van der Waals surface area contributed by atoms with Crippen LogP contribution in [0.1, 0.15) is 11.4 Å². The van der Waals surface area contributed by atoms with Gasteiger partial charge in [0, 0.05) is 0 Å². The van der Waals surface area contributed by atoms with Crippen LogP contribution >= 0.6 is 11.6 Å². The van der Waals surface area contributed by atoms with Gasteiger partial charge in [0.1, 0.15) is 5.82 Å². The lowest BCUT2D eigenvalue weighted by atomic mass is 10.2. The van der Waals surface area contributed by atoms with Gasteiger partial charge in [-0.1, -0.05) is 17.7 Å². The van der Waals surface area contributed by atoms with Gasteiger partial charge in [0.25, 0.3) is 5.88 Å². The van der Waals surface area contributed by atoms with Gasteiger partial charge in [0.05, 0.1) is 17.1 Å². The minimum atomic E-state index is -1.08. The molecule has 0 atom stereocenters. The number of methoxy groups -OCH3 is 1. The molecule has 0 amide bonds. The molecular weight excluding hydrogens is 330 g/mol. The summed E-state index contributed by atoms with van der Waals surface area (Å²) in [5, 5.41) is 29.7. The first-order valence-corrected chi connectivity index (χ1v) is 6.43. The molecule has 1 aromatic heterocycles. The van der Waals surface area contributed by atoms with Gasteiger partial charge in [-0.05, 0) is 23.8 Å². The van der Waals surface area contributed by atoms with Crippen LogP contribution in [0.4, 0.5) is 5.69 Å². The monoisotopic (exact) mass is 339 g/mol. The van der Waals surface area contributed by atoms with Crippen LogP contribution in [0.5, 0.6) is 17.4 Å². The maximum absolute atomic E-state index is 11.5. The van der Waals surface area contributed by atoms with E-state index >= 15 is 0 Å². The Kier molecular flexibility index (Phi) is 4.51. The van der Waals surface area contributed by atoms with E-state index in [1.807, 2.05) is 0 Å². The minimum Gasteiger partial charge on any atom is -0.503 e. The summed E-state index contributed by atoms with van der Waals surface area (Å²) < 4.78 is 4.94. The van der Waals surface area contributed by atoms with E-state index in [1.165, 1.54) is 31.4 Å². The van der Waals surface area contributed by atoms with Crippen LogP contribution in [-0.2, 0) is 0 Å². The highest BCUT2D eigenvalue weighted by Crippen LogP contribution is 2.35. The number of aromatic hydroxyl groups is 2. The van der Waals surface area contributed by atoms with E-state index in [0.717, 1.165) is 0 Å². The molecule has 0 aliphatic heterocycles. The van der Waals surface area contributed by atoms with Crippen LogP contribution in [-0.4, -0.2) is 32.2 Å². The number of halogens is 1. The fourth-order valence-electron chi connectivity index (χ4n) is 1.74. The van der Waals surface area contributed by atoms with E-state index in [2.05, 4.69) is 9.97 Å². The van der Waals surface area contributed by atoms with Gasteiger partial charge < -0.3 is 19.9 Å². The molecule has 0 aliphatic carbocycles. The quantitative estimate of drug-likeness (QED) is 0.571. The van der Waals surface area contributed by atoms with Crippen molar-refractivity contribution in [1.82, 2.24) is 9.97 Å². The predicted molar refractivity (Wildman–Crippen MR) is 81.8 cm³/mol. The second kappa shape index (κ2) is 6.36. The third-order valence-electron chi connectivity index (χ3n) is 2.78. The summed E-state index contributed by atoms with van der Waals surface area (Å²) in [7, 11) is 1.35. The number of nitrogens with zero attached hydrogens (tertiary/aromatic N) is 2. The lowest BCUT2D eigenvalue weighted by Gasteiger charge is -2.06. The first-order chi connectivity index (χ1) is 10.8. The van der Waals surface area contributed by atoms with Crippen molar-refractivity contribution in [2.24, 2.45) is 0 Å². The molecule has 1 heterocycles. The molecule has 0 saturated heterocycles. The summed E-state index contributed by atoms with van der Waals surface area (Å²) in [6, 6.07) is 2.90. The number of H-pyrrole nitrogens is 1. The number of nitro groups is 1. The molecule has 0 spiro atoms. The number of rotatable bonds is 4. The lowest BCUT2D eigenvalue weighted by molar-refractivity contribution is -0.387. The average Bonchev–Trinajstić information content (AvgIpc) is 2.47. The molecule has 120 valence electrons. The van der Waals surface area contributed by atoms with Gasteiger partial charge in [0.15, 0.2) is 11.5 Å². The standard InChI is InChI=1S/C13H10ClN3O6/c1-23-8-5-6(4-7(14)11(8)18)2-3-9-15-12(19)10(17(21)22)13(20)16-9/h2-5,18H,1H3,(H2,15,16,19,20)/b3-2+. The predicted octanol–water partition coefficient (Wildman–Crippen LogP) is 1.92. The molecule has 3 N–H and O–H groups in total. The number of aromatic nitrogens is 2. The number of aromatic amines is 1. The Morgan fingerprint density at radius 2 is 2.09 bits per heavy atom. The van der Waals surface area contributed by atoms with Crippen LogP contribution < -0.4 is 10.3 Å². The normalized spacial score (nSPS) is 10.9. The van der Waals surface area contributed by atoms with E-state index in [4.69, 9.17) is 16.3 Å². The first kappa shape index (κ1) is 16.3. The maximum atomic E-state index is 11.5. The Labute approximate surface area is 133 Å². The minimum absolute atomic E-state index is 0.0528. The molecule has 0 fully saturated rings. The molecule has 0 radical (unpaired) electrons. The molecule has 0 aliphatic rings. The smallest absolute Gasteiger partial charge is 0.395 e. The van der Waals surface area contributed by atoms with Crippen LogP contribution in [0.15, 0.2) is 16.9 Å². The zero-order valence-electron chi connectivity index (χ0n) is 11.6. The molecule has 0 saturated carbocycles. The van der Waals surface area contributed by atoms with Gasteiger partial charge in [0.2, 0.25) is 0 Å². The number of hydrogen-bond donors (Lipinski definition) is 3. The molecule has 0 bridgehead atoms. The number of phenols is 1. The Bertz CT molecular complexity index is 862. The summed E-state index contributed by atoms with van der Waals surface area (Å²) in [5.41, 5.74) is -1.61. The summed E-state index contributed by atoms with van der Waals surface area (Å²) >= 11 is 5.83. The van der Waals surface area contributed by atoms with Gasteiger partial charge in [-0.15, -0.1) is 0 Å². The summed E-state index contributed by atoms with van der Waals surface area (Å²) in [6.45, 7) is 0. The van der Waals surface area contributed by atoms with Crippen molar-refractivity contribution in [1.29, 1.82) is 0 Å². The highest BCUT2D eigenvalue weighted by atomic mass is 35.5. The second-order valence-electron chi connectivity index (χ2n) is 4.27. The van der Waals surface area contributed by atoms with E-state index in [9.17, 15) is 25.1 Å². The zero-order valence-corrected chi connectivity index (χ0v) is 12.4. The van der Waals surface area contributed by atoms with Gasteiger partial charge >= 0.3 is 11.2 Å². The Morgan fingerprint density at radius 3 is 2.65 bits per heavy atom. The average molecular weight is 340 g/mol. The number of benzene rings is 1. The number of hydrogen-bond acceptors (Lipinski definition) is 7. The second-order valence-corrected chi connectivity index (χ2v) is 4.67. The summed E-state index contributed by atoms with van der Waals surface area (Å²) in [5.74, 6) is -1.16. The summed E-state index contributed by atoms with van der Waals surface area (Å²) in [4.78, 5) is 26.7. The first-order valence-electron chi connectivity index (χ1n) is 6.05. The SMILES string of the molecule is COc1cc(/C=C/c2nc(O)c([N+](=O)[O-])c(=O)[nH]2)cc(Cl)c1O. The maximum Gasteiger partial charge on any atom is 0.395 e. The molecule has 2 aromatic rings. The van der Waals surface area contributed by atoms with Crippen molar-refractivity contribution in [2.75, 3.05) is 7.11 Å². The van der Waals surface area contributed by atoms with Gasteiger partial charge in [-0.25, -0.2) is 0 Å². The molecule has 10 heteroatoms. The molecule has 23 heavy (non-hydrogen) atoms. The van der Waals surface area contributed by atoms with E-state index < -0.39 is 22.0 Å². The van der Waals surface area contributed by atoms with Crippen molar-refractivity contribution in [3.05, 3.63) is 49.0 Å². The van der Waals surface area contributed by atoms with Crippen LogP contribution in [0.2, 0.25) is 5.02 Å². The van der Waals surface area contributed by atoms with Crippen LogP contribution in [0.3, 0.4) is 0 Å². The van der Waals surface area contributed by atoms with Crippen molar-refractivity contribution in [2.45, 2.75) is 0 Å². The number of nitrogens with one attached hydrogen (secondary N) is 1. The third kappa shape index (κ3) is 3.40. The van der Waals surface area contributed by atoms with Gasteiger partial charge in [-0.2, -0.15) is 4.98 Å². The zero-order chi connectivity index (χ0) is 17.1. The molecule has 2 rings (SSSR count). The number of ether oxygens (including phenoxy) is 1. The van der Waals surface area contributed by atoms with Crippen LogP contribution in [0, 0.1) is 10.1 Å². The topological polar surface area (TPSA) is 139 Å². The Balaban J connectivity index is 2.40. The number of phenolic OH excluding ortho intramolecular Hbond substituents is 1. The highest BCUT2D eigenvalue weighted by molar-refractivity contribution is 6.32. The van der Waals surface area contributed by atoms with E-state index in [0.29, 0.717) is 5.56 Å². The highest BCUT2D eigenvalue weighted by Gasteiger charge is 2.21. The fourth-order valence-corrected chi connectivity index (χ4v) is 1.96. The lowest BCUT2D eigenvalue weighted by Crippen LogP contribution is -2.14. The van der Waals surface area contributed by atoms with Crippen molar-refractivity contribution < 1.29 is 19.9 Å². The van der Waals surface area contributed by atoms with Crippen LogP contribution in [0.25, 0.3) is 12.2 Å². The van der Waals surface area contributed by atoms with Gasteiger partial charge in [-0.3, -0.25) is 14.9 Å². The molecule has 9 nitrogen and oxygen atoms in total. The van der Waals surface area contributed by atoms with E-state index in [1.54, 1.807) is 0 Å². The molecule has 1 aromatic carbocycles. The third-order valence-corrected chi connectivity index (χ3v) is 3.07. The van der Waals surface area contributed by atoms with E-state index in [-0.39, 0.29) is 22.3 Å². The summed E-state index contributed by atoms with van der Waals surface area (Å²) in [6.07, 6.45) is 2.75. The van der Waals surface area contributed by atoms with Crippen molar-refractivity contribution in [3.63, 3.8) is 0 Å². The Hall–Kier alpha value is -3.07. The fraction of sp³-hybridized carbons (Fsp3) is 0.0769. The van der Waals surface area contributed by atoms with Crippen molar-refractivity contribution >= 4 is 29.4 Å². The van der Waals surface area contributed by atoms with Crippen molar-refractivity contribution in [3.8, 4) is 17.4 Å². The Morgan fingerprint density at radius 1 is 1.39 bits per heavy atom.